The molecule has 2 aliphatic rings. The van der Waals surface area contributed by atoms with E-state index < -0.39 is 0 Å². The minimum atomic E-state index is 0.0571. The molecule has 0 spiro atoms. The molecule has 1 aromatic heterocycles. The zero-order valence-electron chi connectivity index (χ0n) is 12.8. The highest BCUT2D eigenvalue weighted by Crippen LogP contribution is 2.35. The summed E-state index contributed by atoms with van der Waals surface area (Å²) < 4.78 is 5.67. The number of nitrogens with one attached hydrogen (secondary N) is 1. The molecule has 1 aromatic rings. The van der Waals surface area contributed by atoms with Gasteiger partial charge in [0.15, 0.2) is 0 Å². The molecular weight excluding hydrogens is 284 g/mol. The van der Waals surface area contributed by atoms with E-state index in [0.717, 1.165) is 38.8 Å². The molecule has 0 radical (unpaired) electrons. The van der Waals surface area contributed by atoms with E-state index in [4.69, 9.17) is 4.74 Å². The van der Waals surface area contributed by atoms with Crippen molar-refractivity contribution >= 4 is 17.4 Å². The molecule has 2 aliphatic heterocycles. The van der Waals surface area contributed by atoms with Crippen molar-refractivity contribution in [3.8, 4) is 0 Å². The number of thiophene rings is 1. The molecule has 1 N–H and O–H groups in total. The van der Waals surface area contributed by atoms with E-state index in [0.29, 0.717) is 0 Å². The number of nitrogens with zero attached hydrogens (tertiary/aromatic N) is 1. The van der Waals surface area contributed by atoms with Gasteiger partial charge in [-0.1, -0.05) is 6.92 Å². The number of urea groups is 1. The van der Waals surface area contributed by atoms with Crippen molar-refractivity contribution < 1.29 is 9.53 Å². The van der Waals surface area contributed by atoms with E-state index in [2.05, 4.69) is 30.6 Å². The molecule has 3 heterocycles. The third kappa shape index (κ3) is 2.94. The maximum Gasteiger partial charge on any atom is 0.318 e. The minimum absolute atomic E-state index is 0.0571. The van der Waals surface area contributed by atoms with Crippen molar-refractivity contribution in [2.24, 2.45) is 0 Å². The first-order valence-electron chi connectivity index (χ1n) is 7.95. The third-order valence-corrected chi connectivity index (χ3v) is 5.61. The average Bonchev–Trinajstić information content (AvgIpc) is 3.16. The summed E-state index contributed by atoms with van der Waals surface area (Å²) in [4.78, 5) is 16.1. The summed E-state index contributed by atoms with van der Waals surface area (Å²) in [6, 6.07) is 2.54. The number of hydrogen-bond donors (Lipinski definition) is 1. The van der Waals surface area contributed by atoms with Crippen LogP contribution in [0.1, 0.15) is 49.6 Å². The lowest BCUT2D eigenvalue weighted by Crippen LogP contribution is -2.50. The van der Waals surface area contributed by atoms with E-state index in [1.165, 1.54) is 10.4 Å². The number of carbonyl (C=O) groups is 1. The minimum Gasteiger partial charge on any atom is -0.376 e. The molecule has 3 rings (SSSR count). The topological polar surface area (TPSA) is 41.6 Å². The molecule has 0 saturated carbocycles. The largest absolute Gasteiger partial charge is 0.376 e. The van der Waals surface area contributed by atoms with Crippen LogP contribution in [0.25, 0.3) is 0 Å². The van der Waals surface area contributed by atoms with Gasteiger partial charge in [-0.3, -0.25) is 0 Å². The van der Waals surface area contributed by atoms with Gasteiger partial charge in [0.05, 0.1) is 18.2 Å². The summed E-state index contributed by atoms with van der Waals surface area (Å²) >= 11 is 1.81. The van der Waals surface area contributed by atoms with Crippen LogP contribution in [0.4, 0.5) is 4.79 Å². The number of ether oxygens (including phenoxy) is 1. The predicted octanol–water partition coefficient (Wildman–Crippen LogP) is 3.33. The molecule has 21 heavy (non-hydrogen) atoms. The van der Waals surface area contributed by atoms with Crippen LogP contribution in [-0.4, -0.2) is 36.2 Å². The summed E-state index contributed by atoms with van der Waals surface area (Å²) in [5.74, 6) is 0. The molecule has 0 unspecified atom stereocenters. The van der Waals surface area contributed by atoms with E-state index in [1.54, 1.807) is 0 Å². The van der Waals surface area contributed by atoms with Crippen molar-refractivity contribution in [1.82, 2.24) is 10.2 Å². The van der Waals surface area contributed by atoms with Gasteiger partial charge in [0, 0.05) is 18.0 Å². The van der Waals surface area contributed by atoms with E-state index >= 15 is 0 Å². The van der Waals surface area contributed by atoms with Crippen LogP contribution in [0.3, 0.4) is 0 Å². The Hall–Kier alpha value is -1.07. The predicted molar refractivity (Wildman–Crippen MR) is 84.7 cm³/mol. The van der Waals surface area contributed by atoms with Crippen LogP contribution in [-0.2, 0) is 11.2 Å². The Morgan fingerprint density at radius 1 is 1.62 bits per heavy atom. The fourth-order valence-electron chi connectivity index (χ4n) is 3.45. The lowest BCUT2D eigenvalue weighted by molar-refractivity contribution is 0.0812. The monoisotopic (exact) mass is 308 g/mol. The second-order valence-corrected chi connectivity index (χ2v) is 6.96. The Morgan fingerprint density at radius 3 is 3.19 bits per heavy atom. The van der Waals surface area contributed by atoms with Gasteiger partial charge in [-0.05, 0) is 49.6 Å². The summed E-state index contributed by atoms with van der Waals surface area (Å²) in [5, 5.41) is 5.29. The average molecular weight is 308 g/mol. The summed E-state index contributed by atoms with van der Waals surface area (Å²) in [6.07, 6.45) is 4.27. The zero-order chi connectivity index (χ0) is 14.8. The van der Waals surface area contributed by atoms with Gasteiger partial charge in [0.25, 0.3) is 0 Å². The van der Waals surface area contributed by atoms with Crippen molar-refractivity contribution in [3.05, 3.63) is 21.9 Å². The standard InChI is InChI=1S/C16H24N2O2S/c1-3-13-12-7-10-21-15(12)6-8-18(13)16(19)17-11(2)14-5-4-9-20-14/h7,10-11,13-14H,3-6,8-9H2,1-2H3,(H,17,19)/t11-,13-,14-/m1/s1. The lowest BCUT2D eigenvalue weighted by Gasteiger charge is -2.36. The molecule has 0 aliphatic carbocycles. The van der Waals surface area contributed by atoms with Gasteiger partial charge in [0.1, 0.15) is 0 Å². The van der Waals surface area contributed by atoms with Crippen molar-refractivity contribution in [2.75, 3.05) is 13.2 Å². The Kier molecular flexibility index (Phi) is 4.50. The summed E-state index contributed by atoms with van der Waals surface area (Å²) in [7, 11) is 0. The maximum atomic E-state index is 12.6. The van der Waals surface area contributed by atoms with Gasteiger partial charge in [-0.15, -0.1) is 11.3 Å². The van der Waals surface area contributed by atoms with Gasteiger partial charge in [-0.25, -0.2) is 4.79 Å². The van der Waals surface area contributed by atoms with Crippen LogP contribution >= 0.6 is 11.3 Å². The van der Waals surface area contributed by atoms with Crippen LogP contribution in [0.2, 0.25) is 0 Å². The zero-order valence-corrected chi connectivity index (χ0v) is 13.6. The van der Waals surface area contributed by atoms with Crippen LogP contribution < -0.4 is 5.32 Å². The Balaban J connectivity index is 1.66. The van der Waals surface area contributed by atoms with Gasteiger partial charge in [-0.2, -0.15) is 0 Å². The van der Waals surface area contributed by atoms with Gasteiger partial charge in [0.2, 0.25) is 0 Å². The Morgan fingerprint density at radius 2 is 2.48 bits per heavy atom. The molecule has 4 nitrogen and oxygen atoms in total. The van der Waals surface area contributed by atoms with Crippen molar-refractivity contribution in [3.63, 3.8) is 0 Å². The van der Waals surface area contributed by atoms with Crippen LogP contribution in [0.15, 0.2) is 11.4 Å². The molecule has 2 amide bonds. The normalized spacial score (nSPS) is 26.5. The second-order valence-electron chi connectivity index (χ2n) is 5.96. The summed E-state index contributed by atoms with van der Waals surface area (Å²) in [5.41, 5.74) is 1.34. The number of hydrogen-bond acceptors (Lipinski definition) is 3. The number of fused-ring (bicyclic) bond motifs is 1. The number of carbonyl (C=O) groups excluding carboxylic acids is 1. The molecule has 5 heteroatoms. The lowest BCUT2D eigenvalue weighted by atomic mass is 9.98. The van der Waals surface area contributed by atoms with E-state index in [1.807, 2.05) is 16.2 Å². The fraction of sp³-hybridized carbons (Fsp3) is 0.688. The molecule has 1 saturated heterocycles. The SMILES string of the molecule is CC[C@@H]1c2ccsc2CCN1C(=O)N[C@H](C)[C@H]1CCCO1. The molecule has 0 aromatic carbocycles. The molecule has 3 atom stereocenters. The van der Waals surface area contributed by atoms with Gasteiger partial charge < -0.3 is 15.0 Å². The molecule has 1 fully saturated rings. The quantitative estimate of drug-likeness (QED) is 0.930. The highest BCUT2D eigenvalue weighted by molar-refractivity contribution is 7.10. The maximum absolute atomic E-state index is 12.6. The molecule has 0 bridgehead atoms. The van der Waals surface area contributed by atoms with E-state index in [-0.39, 0.29) is 24.2 Å². The highest BCUT2D eigenvalue weighted by Gasteiger charge is 2.32. The van der Waals surface area contributed by atoms with Crippen molar-refractivity contribution in [2.45, 2.75) is 57.7 Å². The highest BCUT2D eigenvalue weighted by atomic mass is 32.1. The van der Waals surface area contributed by atoms with Crippen LogP contribution in [0, 0.1) is 0 Å². The second kappa shape index (κ2) is 6.36. The molecule has 116 valence electrons. The van der Waals surface area contributed by atoms with Crippen LogP contribution in [0.5, 0.6) is 0 Å². The first kappa shape index (κ1) is 14.9. The first-order valence-corrected chi connectivity index (χ1v) is 8.83. The fourth-order valence-corrected chi connectivity index (χ4v) is 4.38. The number of rotatable bonds is 3. The Labute approximate surface area is 130 Å². The molecular formula is C16H24N2O2S. The Bertz CT molecular complexity index is 496. The third-order valence-electron chi connectivity index (χ3n) is 4.62. The van der Waals surface area contributed by atoms with Gasteiger partial charge >= 0.3 is 6.03 Å². The first-order chi connectivity index (χ1) is 10.2. The summed E-state index contributed by atoms with van der Waals surface area (Å²) in [6.45, 7) is 5.84. The number of amides is 2. The smallest absolute Gasteiger partial charge is 0.318 e. The van der Waals surface area contributed by atoms with E-state index in [9.17, 15) is 4.79 Å². The van der Waals surface area contributed by atoms with Crippen molar-refractivity contribution in [1.29, 1.82) is 0 Å².